The number of carbonyl (C=O) groups is 2. The Morgan fingerprint density at radius 3 is 2.48 bits per heavy atom. The highest BCUT2D eigenvalue weighted by atomic mass is 16.6. The fourth-order valence-corrected chi connectivity index (χ4v) is 2.68. The van der Waals surface area contributed by atoms with Gasteiger partial charge in [0.15, 0.2) is 5.76 Å². The van der Waals surface area contributed by atoms with E-state index >= 15 is 0 Å². The van der Waals surface area contributed by atoms with Crippen LogP contribution in [0.4, 0.5) is 4.79 Å². The van der Waals surface area contributed by atoms with Gasteiger partial charge in [0.25, 0.3) is 5.91 Å². The van der Waals surface area contributed by atoms with E-state index in [4.69, 9.17) is 9.15 Å². The normalized spacial score (nSPS) is 15.0. The maximum Gasteiger partial charge on any atom is 0.412 e. The second kappa shape index (κ2) is 8.34. The Morgan fingerprint density at radius 2 is 1.80 bits per heavy atom. The number of nitrogens with zero attached hydrogens (tertiary/aromatic N) is 2. The topological polar surface area (TPSA) is 75.0 Å². The van der Waals surface area contributed by atoms with E-state index in [1.54, 1.807) is 29.2 Å². The molecule has 1 aliphatic rings. The zero-order valence-corrected chi connectivity index (χ0v) is 13.9. The van der Waals surface area contributed by atoms with Gasteiger partial charge < -0.3 is 19.4 Å². The molecular formula is C18H21N3O4. The first-order valence-electron chi connectivity index (χ1n) is 8.28. The molecule has 1 aromatic carbocycles. The quantitative estimate of drug-likeness (QED) is 0.896. The monoisotopic (exact) mass is 343 g/mol. The standard InChI is InChI=1S/C18H21N3O4/c22-17(16-7-4-14-24-16)21-12-10-20(11-13-21)9-8-19-18(23)25-15-5-2-1-3-6-15/h1-7,14H,8-13H2,(H,19,23). The molecule has 2 aromatic rings. The van der Waals surface area contributed by atoms with Gasteiger partial charge in [-0.2, -0.15) is 0 Å². The van der Waals surface area contributed by atoms with Crippen LogP contribution in [-0.2, 0) is 0 Å². The van der Waals surface area contributed by atoms with E-state index in [1.165, 1.54) is 6.26 Å². The predicted octanol–water partition coefficient (Wildman–Crippen LogP) is 1.83. The van der Waals surface area contributed by atoms with Gasteiger partial charge in [-0.25, -0.2) is 4.79 Å². The number of carbonyl (C=O) groups excluding carboxylic acids is 2. The lowest BCUT2D eigenvalue weighted by atomic mass is 10.3. The third-order valence-corrected chi connectivity index (χ3v) is 4.04. The van der Waals surface area contributed by atoms with Crippen molar-refractivity contribution in [1.29, 1.82) is 0 Å². The lowest BCUT2D eigenvalue weighted by molar-refractivity contribution is 0.0608. The first-order chi connectivity index (χ1) is 12.2. The van der Waals surface area contributed by atoms with E-state index in [0.717, 1.165) is 13.1 Å². The Balaban J connectivity index is 1.34. The first-order valence-corrected chi connectivity index (χ1v) is 8.28. The Bertz CT molecular complexity index is 680. The van der Waals surface area contributed by atoms with Crippen molar-refractivity contribution in [3.8, 4) is 5.75 Å². The minimum Gasteiger partial charge on any atom is -0.459 e. The van der Waals surface area contributed by atoms with Crippen molar-refractivity contribution in [2.45, 2.75) is 0 Å². The van der Waals surface area contributed by atoms with Crippen LogP contribution in [0.3, 0.4) is 0 Å². The molecule has 1 fully saturated rings. The van der Waals surface area contributed by atoms with Crippen LogP contribution in [0.5, 0.6) is 5.75 Å². The number of ether oxygens (including phenoxy) is 1. The molecule has 0 atom stereocenters. The number of rotatable bonds is 5. The molecule has 0 spiro atoms. The van der Waals surface area contributed by atoms with E-state index in [-0.39, 0.29) is 5.91 Å². The molecular weight excluding hydrogens is 322 g/mol. The smallest absolute Gasteiger partial charge is 0.412 e. The maximum atomic E-state index is 12.2. The van der Waals surface area contributed by atoms with E-state index in [1.807, 2.05) is 18.2 Å². The summed E-state index contributed by atoms with van der Waals surface area (Å²) < 4.78 is 10.3. The second-order valence-corrected chi connectivity index (χ2v) is 5.74. The van der Waals surface area contributed by atoms with Crippen molar-refractivity contribution < 1.29 is 18.7 Å². The first kappa shape index (κ1) is 17.0. The van der Waals surface area contributed by atoms with Crippen LogP contribution in [0.15, 0.2) is 53.1 Å². The van der Waals surface area contributed by atoms with Gasteiger partial charge in [-0.1, -0.05) is 18.2 Å². The molecule has 2 amide bonds. The van der Waals surface area contributed by atoms with Gasteiger partial charge in [0.05, 0.1) is 6.26 Å². The highest BCUT2D eigenvalue weighted by Crippen LogP contribution is 2.10. The van der Waals surface area contributed by atoms with E-state index in [2.05, 4.69) is 10.2 Å². The highest BCUT2D eigenvalue weighted by molar-refractivity contribution is 5.91. The Labute approximate surface area is 146 Å². The molecule has 1 aliphatic heterocycles. The molecule has 3 rings (SSSR count). The number of para-hydroxylation sites is 1. The number of benzene rings is 1. The van der Waals surface area contributed by atoms with Gasteiger partial charge in [-0.15, -0.1) is 0 Å². The molecule has 0 radical (unpaired) electrons. The van der Waals surface area contributed by atoms with E-state index < -0.39 is 6.09 Å². The fraction of sp³-hybridized carbons (Fsp3) is 0.333. The van der Waals surface area contributed by atoms with Crippen molar-refractivity contribution in [2.75, 3.05) is 39.3 Å². The maximum absolute atomic E-state index is 12.2. The SMILES string of the molecule is O=C(NCCN1CCN(C(=O)c2ccco2)CC1)Oc1ccccc1. The van der Waals surface area contributed by atoms with E-state index in [0.29, 0.717) is 37.7 Å². The summed E-state index contributed by atoms with van der Waals surface area (Å²) in [4.78, 5) is 27.9. The van der Waals surface area contributed by atoms with Crippen LogP contribution in [0.1, 0.15) is 10.6 Å². The zero-order valence-electron chi connectivity index (χ0n) is 13.9. The molecule has 0 bridgehead atoms. The Kier molecular flexibility index (Phi) is 5.69. The van der Waals surface area contributed by atoms with Gasteiger partial charge in [0, 0.05) is 39.3 Å². The summed E-state index contributed by atoms with van der Waals surface area (Å²) in [7, 11) is 0. The number of furan rings is 1. The number of hydrogen-bond acceptors (Lipinski definition) is 5. The molecule has 0 unspecified atom stereocenters. The molecule has 7 heteroatoms. The van der Waals surface area contributed by atoms with Crippen LogP contribution in [-0.4, -0.2) is 61.1 Å². The van der Waals surface area contributed by atoms with Crippen molar-refractivity contribution in [3.63, 3.8) is 0 Å². The van der Waals surface area contributed by atoms with Crippen molar-refractivity contribution in [2.24, 2.45) is 0 Å². The van der Waals surface area contributed by atoms with Gasteiger partial charge in [0.2, 0.25) is 0 Å². The molecule has 0 aliphatic carbocycles. The average Bonchev–Trinajstić information content (AvgIpc) is 3.17. The fourth-order valence-electron chi connectivity index (χ4n) is 2.68. The summed E-state index contributed by atoms with van der Waals surface area (Å²) in [6, 6.07) is 12.3. The summed E-state index contributed by atoms with van der Waals surface area (Å²) in [5.74, 6) is 0.818. The number of piperazine rings is 1. The van der Waals surface area contributed by atoms with Crippen LogP contribution >= 0.6 is 0 Å². The largest absolute Gasteiger partial charge is 0.459 e. The summed E-state index contributed by atoms with van der Waals surface area (Å²) >= 11 is 0. The summed E-state index contributed by atoms with van der Waals surface area (Å²) in [5, 5.41) is 2.74. The number of amides is 2. The van der Waals surface area contributed by atoms with Gasteiger partial charge in [0.1, 0.15) is 5.75 Å². The molecule has 1 N–H and O–H groups in total. The summed E-state index contributed by atoms with van der Waals surface area (Å²) in [5.41, 5.74) is 0. The minimum absolute atomic E-state index is 0.0748. The van der Waals surface area contributed by atoms with Gasteiger partial charge >= 0.3 is 6.09 Å². The third kappa shape index (κ3) is 4.84. The second-order valence-electron chi connectivity index (χ2n) is 5.74. The Hall–Kier alpha value is -2.80. The lowest BCUT2D eigenvalue weighted by Gasteiger charge is -2.34. The van der Waals surface area contributed by atoms with Crippen molar-refractivity contribution in [3.05, 3.63) is 54.5 Å². The van der Waals surface area contributed by atoms with Crippen LogP contribution < -0.4 is 10.1 Å². The van der Waals surface area contributed by atoms with Crippen LogP contribution in [0.25, 0.3) is 0 Å². The summed E-state index contributed by atoms with van der Waals surface area (Å²) in [6.45, 7) is 4.04. The third-order valence-electron chi connectivity index (χ3n) is 4.04. The molecule has 1 aromatic heterocycles. The van der Waals surface area contributed by atoms with Crippen LogP contribution in [0.2, 0.25) is 0 Å². The van der Waals surface area contributed by atoms with Crippen molar-refractivity contribution >= 4 is 12.0 Å². The highest BCUT2D eigenvalue weighted by Gasteiger charge is 2.23. The molecule has 7 nitrogen and oxygen atoms in total. The summed E-state index contributed by atoms with van der Waals surface area (Å²) in [6.07, 6.45) is 1.04. The zero-order chi connectivity index (χ0) is 17.5. The molecule has 132 valence electrons. The average molecular weight is 343 g/mol. The molecule has 2 heterocycles. The number of hydrogen-bond donors (Lipinski definition) is 1. The van der Waals surface area contributed by atoms with Crippen LogP contribution in [0, 0.1) is 0 Å². The minimum atomic E-state index is -0.460. The Morgan fingerprint density at radius 1 is 1.04 bits per heavy atom. The molecule has 0 saturated carbocycles. The molecule has 1 saturated heterocycles. The van der Waals surface area contributed by atoms with Gasteiger partial charge in [-0.3, -0.25) is 9.69 Å². The molecule has 25 heavy (non-hydrogen) atoms. The number of nitrogens with one attached hydrogen (secondary N) is 1. The predicted molar refractivity (Wildman–Crippen MR) is 91.5 cm³/mol. The lowest BCUT2D eigenvalue weighted by Crippen LogP contribution is -2.50. The van der Waals surface area contributed by atoms with Gasteiger partial charge in [-0.05, 0) is 24.3 Å². The van der Waals surface area contributed by atoms with Crippen molar-refractivity contribution in [1.82, 2.24) is 15.1 Å². The van der Waals surface area contributed by atoms with E-state index in [9.17, 15) is 9.59 Å².